The molecule has 2 aromatic heterocycles. The molecule has 2 heterocycles. The molecule has 0 aliphatic rings. The summed E-state index contributed by atoms with van der Waals surface area (Å²) >= 11 is 0. The average Bonchev–Trinajstić information content (AvgIpc) is 3.25. The Bertz CT molecular complexity index is 1100. The Hall–Kier alpha value is -3.73. The molecule has 0 N–H and O–H groups in total. The van der Waals surface area contributed by atoms with E-state index in [0.29, 0.717) is 17.6 Å². The van der Waals surface area contributed by atoms with Gasteiger partial charge in [-0.1, -0.05) is 36.4 Å². The zero-order valence-electron chi connectivity index (χ0n) is 14.6. The number of carbonyl (C=O) groups is 1. The molecule has 0 spiro atoms. The molecule has 5 heteroatoms. The topological polar surface area (TPSA) is 52.2 Å². The van der Waals surface area contributed by atoms with Crippen LogP contribution in [0.3, 0.4) is 0 Å². The molecular weight excluding hydrogens is 336 g/mol. The fourth-order valence-electron chi connectivity index (χ4n) is 2.83. The molecule has 4 rings (SSSR count). The summed E-state index contributed by atoms with van der Waals surface area (Å²) in [4.78, 5) is 16.9. The Morgan fingerprint density at radius 3 is 2.37 bits per heavy atom. The van der Waals surface area contributed by atoms with Crippen molar-refractivity contribution < 1.29 is 4.79 Å². The van der Waals surface area contributed by atoms with Crippen LogP contribution >= 0.6 is 0 Å². The van der Waals surface area contributed by atoms with Gasteiger partial charge in [-0.2, -0.15) is 10.1 Å². The number of rotatable bonds is 4. The number of benzene rings is 2. The number of nitrogens with zero attached hydrogens (tertiary/aromatic N) is 4. The molecule has 1 amide bonds. The molecule has 5 nitrogen and oxygen atoms in total. The van der Waals surface area contributed by atoms with E-state index in [1.165, 1.54) is 0 Å². The van der Waals surface area contributed by atoms with E-state index in [1.807, 2.05) is 71.6 Å². The van der Waals surface area contributed by atoms with Crippen LogP contribution < -0.4 is 5.49 Å². The van der Waals surface area contributed by atoms with Crippen LogP contribution in [-0.4, -0.2) is 20.3 Å². The molecule has 0 unspecified atom stereocenters. The molecule has 0 fully saturated rings. The molecule has 132 valence electrons. The number of aromatic nitrogens is 3. The van der Waals surface area contributed by atoms with Crippen LogP contribution in [0.4, 0.5) is 0 Å². The Morgan fingerprint density at radius 2 is 1.63 bits per heavy atom. The van der Waals surface area contributed by atoms with Gasteiger partial charge in [0.1, 0.15) is 5.49 Å². The van der Waals surface area contributed by atoms with Crippen molar-refractivity contribution >= 4 is 5.91 Å². The van der Waals surface area contributed by atoms with Gasteiger partial charge in [0.25, 0.3) is 5.91 Å². The van der Waals surface area contributed by atoms with E-state index in [2.05, 4.69) is 22.2 Å². The summed E-state index contributed by atoms with van der Waals surface area (Å²) in [5.74, 6) is -0.268. The summed E-state index contributed by atoms with van der Waals surface area (Å²) < 4.78 is 3.71. The van der Waals surface area contributed by atoms with Gasteiger partial charge in [-0.05, 0) is 48.0 Å². The molecule has 0 saturated heterocycles. The number of carbonyl (C=O) groups excluding carboxylic acids is 1. The van der Waals surface area contributed by atoms with Gasteiger partial charge in [0.05, 0.1) is 5.69 Å². The normalized spacial score (nSPS) is 11.5. The van der Waals surface area contributed by atoms with Crippen molar-refractivity contribution in [3.63, 3.8) is 0 Å². The zero-order chi connectivity index (χ0) is 18.5. The van der Waals surface area contributed by atoms with Gasteiger partial charge in [0, 0.05) is 30.7 Å². The lowest BCUT2D eigenvalue weighted by atomic mass is 10.2. The van der Waals surface area contributed by atoms with Crippen LogP contribution in [-0.2, 0) is 6.54 Å². The lowest BCUT2D eigenvalue weighted by Gasteiger charge is -2.07. The SMILES string of the molecule is O=C(N=c1ccccn1Cc1ccccc1)c1ccc(-n2cccn2)cc1. The van der Waals surface area contributed by atoms with E-state index < -0.39 is 0 Å². The van der Waals surface area contributed by atoms with Crippen molar-refractivity contribution in [2.75, 3.05) is 0 Å². The summed E-state index contributed by atoms with van der Waals surface area (Å²) in [6.45, 7) is 0.659. The Labute approximate surface area is 156 Å². The minimum absolute atomic E-state index is 0.268. The summed E-state index contributed by atoms with van der Waals surface area (Å²) in [6.07, 6.45) is 5.51. The summed E-state index contributed by atoms with van der Waals surface area (Å²) in [5, 5.41) is 4.19. The molecule has 0 saturated carbocycles. The third kappa shape index (κ3) is 3.93. The van der Waals surface area contributed by atoms with E-state index in [-0.39, 0.29) is 5.91 Å². The summed E-state index contributed by atoms with van der Waals surface area (Å²) in [5.41, 5.74) is 3.22. The van der Waals surface area contributed by atoms with Crippen LogP contribution in [0, 0.1) is 0 Å². The molecule has 0 aliphatic heterocycles. The molecular formula is C22H18N4O. The minimum Gasteiger partial charge on any atom is -0.328 e. The fourth-order valence-corrected chi connectivity index (χ4v) is 2.83. The Kier molecular flexibility index (Phi) is 4.74. The Morgan fingerprint density at radius 1 is 0.852 bits per heavy atom. The molecule has 0 bridgehead atoms. The van der Waals surface area contributed by atoms with E-state index >= 15 is 0 Å². The molecule has 0 aliphatic carbocycles. The third-order valence-corrected chi connectivity index (χ3v) is 4.21. The van der Waals surface area contributed by atoms with Crippen LogP contribution in [0.25, 0.3) is 5.69 Å². The second-order valence-corrected chi connectivity index (χ2v) is 6.09. The maximum absolute atomic E-state index is 12.6. The first-order chi connectivity index (χ1) is 13.3. The highest BCUT2D eigenvalue weighted by Crippen LogP contribution is 2.09. The van der Waals surface area contributed by atoms with E-state index in [0.717, 1.165) is 11.3 Å². The largest absolute Gasteiger partial charge is 0.328 e. The lowest BCUT2D eigenvalue weighted by molar-refractivity contribution is 0.0997. The van der Waals surface area contributed by atoms with Crippen LogP contribution in [0.5, 0.6) is 0 Å². The fraction of sp³-hybridized carbons (Fsp3) is 0.0455. The van der Waals surface area contributed by atoms with Gasteiger partial charge in [0.2, 0.25) is 0 Å². The van der Waals surface area contributed by atoms with E-state index in [4.69, 9.17) is 0 Å². The molecule has 27 heavy (non-hydrogen) atoms. The predicted molar refractivity (Wildman–Crippen MR) is 103 cm³/mol. The first-order valence-electron chi connectivity index (χ1n) is 8.68. The quantitative estimate of drug-likeness (QED) is 0.563. The molecule has 2 aromatic carbocycles. The van der Waals surface area contributed by atoms with Gasteiger partial charge in [0.15, 0.2) is 0 Å². The maximum Gasteiger partial charge on any atom is 0.278 e. The van der Waals surface area contributed by atoms with Gasteiger partial charge < -0.3 is 4.57 Å². The first kappa shape index (κ1) is 16.7. The summed E-state index contributed by atoms with van der Waals surface area (Å²) in [7, 11) is 0. The van der Waals surface area contributed by atoms with E-state index in [1.54, 1.807) is 23.0 Å². The molecule has 4 aromatic rings. The van der Waals surface area contributed by atoms with E-state index in [9.17, 15) is 4.79 Å². The first-order valence-corrected chi connectivity index (χ1v) is 8.68. The third-order valence-electron chi connectivity index (χ3n) is 4.21. The Balaban J connectivity index is 1.61. The average molecular weight is 354 g/mol. The van der Waals surface area contributed by atoms with Crippen LogP contribution in [0.1, 0.15) is 15.9 Å². The number of hydrogen-bond acceptors (Lipinski definition) is 2. The zero-order valence-corrected chi connectivity index (χ0v) is 14.6. The highest BCUT2D eigenvalue weighted by molar-refractivity contribution is 5.95. The van der Waals surface area contributed by atoms with Gasteiger partial charge in [-0.15, -0.1) is 0 Å². The van der Waals surface area contributed by atoms with Crippen molar-refractivity contribution in [2.24, 2.45) is 4.99 Å². The monoisotopic (exact) mass is 354 g/mol. The van der Waals surface area contributed by atoms with Crippen molar-refractivity contribution in [2.45, 2.75) is 6.54 Å². The highest BCUT2D eigenvalue weighted by atomic mass is 16.1. The number of hydrogen-bond donors (Lipinski definition) is 0. The second-order valence-electron chi connectivity index (χ2n) is 6.09. The van der Waals surface area contributed by atoms with Gasteiger partial charge in [-0.25, -0.2) is 4.68 Å². The van der Waals surface area contributed by atoms with Crippen molar-refractivity contribution in [3.05, 3.63) is 114 Å². The lowest BCUT2D eigenvalue weighted by Crippen LogP contribution is -2.22. The standard InChI is InChI=1S/C22H18N4O/c27-22(19-10-12-20(13-11-19)26-16-6-14-23-26)24-21-9-4-5-15-25(21)17-18-7-2-1-3-8-18/h1-16H,17H2. The highest BCUT2D eigenvalue weighted by Gasteiger charge is 2.05. The van der Waals surface area contributed by atoms with Crippen LogP contribution in [0.15, 0.2) is 102 Å². The molecule has 0 radical (unpaired) electrons. The van der Waals surface area contributed by atoms with Gasteiger partial charge in [-0.3, -0.25) is 4.79 Å². The second kappa shape index (κ2) is 7.66. The van der Waals surface area contributed by atoms with Crippen molar-refractivity contribution in [1.82, 2.24) is 14.3 Å². The van der Waals surface area contributed by atoms with Gasteiger partial charge >= 0.3 is 0 Å². The number of pyridine rings is 1. The summed E-state index contributed by atoms with van der Waals surface area (Å²) in [6, 6.07) is 24.9. The van der Waals surface area contributed by atoms with Crippen molar-refractivity contribution in [3.8, 4) is 5.69 Å². The van der Waals surface area contributed by atoms with Crippen LogP contribution in [0.2, 0.25) is 0 Å². The number of amides is 1. The molecule has 0 atom stereocenters. The maximum atomic E-state index is 12.6. The minimum atomic E-state index is -0.268. The van der Waals surface area contributed by atoms with Crippen molar-refractivity contribution in [1.29, 1.82) is 0 Å². The smallest absolute Gasteiger partial charge is 0.278 e. The predicted octanol–water partition coefficient (Wildman–Crippen LogP) is 3.46.